The first-order valence-electron chi connectivity index (χ1n) is 5.68. The second-order valence-electron chi connectivity index (χ2n) is 4.17. The Labute approximate surface area is 103 Å². The summed E-state index contributed by atoms with van der Waals surface area (Å²) >= 11 is 6.03. The van der Waals surface area contributed by atoms with Gasteiger partial charge in [-0.3, -0.25) is 0 Å². The molecule has 0 amide bonds. The summed E-state index contributed by atoms with van der Waals surface area (Å²) in [4.78, 5) is 0. The minimum atomic E-state index is 0.286. The molecule has 0 saturated carbocycles. The maximum absolute atomic E-state index is 6.03. The molecule has 0 aliphatic carbocycles. The van der Waals surface area contributed by atoms with E-state index in [1.165, 1.54) is 0 Å². The molecule has 1 atom stereocenters. The summed E-state index contributed by atoms with van der Waals surface area (Å²) in [6.07, 6.45) is 1.01. The Morgan fingerprint density at radius 3 is 2.56 bits per heavy atom. The van der Waals surface area contributed by atoms with E-state index in [0.29, 0.717) is 6.04 Å². The van der Waals surface area contributed by atoms with Gasteiger partial charge in [-0.2, -0.15) is 0 Å². The van der Waals surface area contributed by atoms with Crippen molar-refractivity contribution in [3.63, 3.8) is 0 Å². The molecular formula is C13H20ClNO. The second-order valence-corrected chi connectivity index (χ2v) is 4.60. The summed E-state index contributed by atoms with van der Waals surface area (Å²) in [6, 6.07) is 6.47. The molecule has 1 aromatic rings. The van der Waals surface area contributed by atoms with Crippen LogP contribution in [0.25, 0.3) is 0 Å². The molecule has 0 aliphatic rings. The Kier molecular flexibility index (Phi) is 5.10. The van der Waals surface area contributed by atoms with Crippen LogP contribution in [0, 0.1) is 0 Å². The number of benzene rings is 1. The summed E-state index contributed by atoms with van der Waals surface area (Å²) in [5.41, 5.74) is 1.13. The molecule has 1 aromatic carbocycles. The minimum absolute atomic E-state index is 0.286. The molecule has 1 N–H and O–H groups in total. The molecule has 3 heteroatoms. The third kappa shape index (κ3) is 3.39. The van der Waals surface area contributed by atoms with Crippen LogP contribution in [0.15, 0.2) is 18.2 Å². The van der Waals surface area contributed by atoms with Crippen LogP contribution in [0.4, 0.5) is 0 Å². The van der Waals surface area contributed by atoms with Gasteiger partial charge in [0.15, 0.2) is 0 Å². The lowest BCUT2D eigenvalue weighted by Crippen LogP contribution is -2.28. The van der Waals surface area contributed by atoms with Crippen LogP contribution in [0.2, 0.25) is 5.02 Å². The second kappa shape index (κ2) is 6.12. The Bertz CT molecular complexity index is 339. The Morgan fingerprint density at radius 2 is 2.06 bits per heavy atom. The van der Waals surface area contributed by atoms with E-state index in [1.807, 2.05) is 18.2 Å². The Balaban J connectivity index is 3.02. The van der Waals surface area contributed by atoms with Gasteiger partial charge in [-0.1, -0.05) is 32.4 Å². The molecule has 0 radical (unpaired) electrons. The maximum Gasteiger partial charge on any atom is 0.123 e. The number of hydrogen-bond donors (Lipinski definition) is 1. The summed E-state index contributed by atoms with van der Waals surface area (Å²) in [5, 5.41) is 4.26. The van der Waals surface area contributed by atoms with E-state index in [2.05, 4.69) is 26.1 Å². The van der Waals surface area contributed by atoms with Crippen molar-refractivity contribution < 1.29 is 4.74 Å². The van der Waals surface area contributed by atoms with E-state index in [4.69, 9.17) is 16.3 Å². The molecular weight excluding hydrogens is 222 g/mol. The average molecular weight is 242 g/mol. The van der Waals surface area contributed by atoms with Crippen molar-refractivity contribution in [3.8, 4) is 5.75 Å². The van der Waals surface area contributed by atoms with Crippen molar-refractivity contribution in [3.05, 3.63) is 28.8 Å². The molecule has 1 unspecified atom stereocenters. The van der Waals surface area contributed by atoms with E-state index in [-0.39, 0.29) is 6.04 Å². The maximum atomic E-state index is 6.03. The van der Waals surface area contributed by atoms with Crippen molar-refractivity contribution in [2.24, 2.45) is 0 Å². The van der Waals surface area contributed by atoms with Gasteiger partial charge in [0.2, 0.25) is 0 Å². The van der Waals surface area contributed by atoms with Crippen molar-refractivity contribution in [2.45, 2.75) is 39.3 Å². The number of nitrogens with one attached hydrogen (secondary N) is 1. The normalized spacial score (nSPS) is 12.9. The third-order valence-corrected chi connectivity index (χ3v) is 2.75. The van der Waals surface area contributed by atoms with E-state index in [0.717, 1.165) is 22.8 Å². The van der Waals surface area contributed by atoms with Crippen molar-refractivity contribution in [1.82, 2.24) is 5.32 Å². The molecule has 0 saturated heterocycles. The highest BCUT2D eigenvalue weighted by molar-refractivity contribution is 6.30. The highest BCUT2D eigenvalue weighted by atomic mass is 35.5. The number of halogens is 1. The first-order valence-corrected chi connectivity index (χ1v) is 6.05. The van der Waals surface area contributed by atoms with Gasteiger partial charge in [-0.15, -0.1) is 0 Å². The van der Waals surface area contributed by atoms with Crippen LogP contribution in [-0.2, 0) is 0 Å². The van der Waals surface area contributed by atoms with Crippen molar-refractivity contribution >= 4 is 11.6 Å². The van der Waals surface area contributed by atoms with Crippen LogP contribution in [-0.4, -0.2) is 13.2 Å². The van der Waals surface area contributed by atoms with Crippen molar-refractivity contribution in [1.29, 1.82) is 0 Å². The predicted octanol–water partition coefficient (Wildman–Crippen LogP) is 3.80. The smallest absolute Gasteiger partial charge is 0.123 e. The number of ether oxygens (including phenoxy) is 1. The molecule has 16 heavy (non-hydrogen) atoms. The van der Waals surface area contributed by atoms with Gasteiger partial charge in [0.05, 0.1) is 7.11 Å². The van der Waals surface area contributed by atoms with Gasteiger partial charge >= 0.3 is 0 Å². The summed E-state index contributed by atoms with van der Waals surface area (Å²) in [7, 11) is 1.69. The molecule has 0 aromatic heterocycles. The lowest BCUT2D eigenvalue weighted by atomic mass is 10.0. The highest BCUT2D eigenvalue weighted by Gasteiger charge is 2.15. The fourth-order valence-electron chi connectivity index (χ4n) is 1.81. The van der Waals surface area contributed by atoms with Crippen LogP contribution in [0.3, 0.4) is 0 Å². The van der Waals surface area contributed by atoms with E-state index in [1.54, 1.807) is 7.11 Å². The number of methoxy groups -OCH3 is 1. The SMILES string of the molecule is CCC(NC(C)C)c1cc(Cl)ccc1OC. The highest BCUT2D eigenvalue weighted by Crippen LogP contribution is 2.30. The molecule has 0 spiro atoms. The molecule has 0 heterocycles. The number of rotatable bonds is 5. The van der Waals surface area contributed by atoms with E-state index >= 15 is 0 Å². The predicted molar refractivity (Wildman–Crippen MR) is 69.3 cm³/mol. The largest absolute Gasteiger partial charge is 0.496 e. The van der Waals surface area contributed by atoms with Gasteiger partial charge < -0.3 is 10.1 Å². The molecule has 0 bridgehead atoms. The van der Waals surface area contributed by atoms with Gasteiger partial charge in [-0.05, 0) is 24.6 Å². The van der Waals surface area contributed by atoms with Gasteiger partial charge in [0.25, 0.3) is 0 Å². The average Bonchev–Trinajstić information content (AvgIpc) is 2.25. The lowest BCUT2D eigenvalue weighted by molar-refractivity contribution is 0.390. The fourth-order valence-corrected chi connectivity index (χ4v) is 1.99. The Hall–Kier alpha value is -0.730. The Morgan fingerprint density at radius 1 is 1.38 bits per heavy atom. The quantitative estimate of drug-likeness (QED) is 0.847. The summed E-state index contributed by atoms with van der Waals surface area (Å²) < 4.78 is 5.37. The monoisotopic (exact) mass is 241 g/mol. The zero-order chi connectivity index (χ0) is 12.1. The van der Waals surface area contributed by atoms with Gasteiger partial charge in [0, 0.05) is 22.7 Å². The zero-order valence-electron chi connectivity index (χ0n) is 10.4. The summed E-state index contributed by atoms with van der Waals surface area (Å²) in [5.74, 6) is 0.893. The first-order chi connectivity index (χ1) is 7.58. The molecule has 2 nitrogen and oxygen atoms in total. The standard InChI is InChI=1S/C13H20ClNO/c1-5-12(15-9(2)3)11-8-10(14)6-7-13(11)16-4/h6-9,12,15H,5H2,1-4H3. The molecule has 1 rings (SSSR count). The van der Waals surface area contributed by atoms with Gasteiger partial charge in [0.1, 0.15) is 5.75 Å². The van der Waals surface area contributed by atoms with E-state index < -0.39 is 0 Å². The van der Waals surface area contributed by atoms with Crippen LogP contribution >= 0.6 is 11.6 Å². The van der Waals surface area contributed by atoms with Crippen LogP contribution in [0.5, 0.6) is 5.75 Å². The van der Waals surface area contributed by atoms with Crippen molar-refractivity contribution in [2.75, 3.05) is 7.11 Å². The summed E-state index contributed by atoms with van der Waals surface area (Å²) in [6.45, 7) is 6.43. The molecule has 90 valence electrons. The van der Waals surface area contributed by atoms with Crippen LogP contribution < -0.4 is 10.1 Å². The fraction of sp³-hybridized carbons (Fsp3) is 0.538. The molecule has 0 fully saturated rings. The lowest BCUT2D eigenvalue weighted by Gasteiger charge is -2.22. The number of hydrogen-bond acceptors (Lipinski definition) is 2. The topological polar surface area (TPSA) is 21.3 Å². The zero-order valence-corrected chi connectivity index (χ0v) is 11.1. The van der Waals surface area contributed by atoms with E-state index in [9.17, 15) is 0 Å². The van der Waals surface area contributed by atoms with Gasteiger partial charge in [-0.25, -0.2) is 0 Å². The molecule has 0 aliphatic heterocycles. The third-order valence-electron chi connectivity index (χ3n) is 2.51. The first kappa shape index (κ1) is 13.3. The minimum Gasteiger partial charge on any atom is -0.496 e. The van der Waals surface area contributed by atoms with Crippen LogP contribution in [0.1, 0.15) is 38.8 Å².